The Hall–Kier alpha value is -1.76. The summed E-state index contributed by atoms with van der Waals surface area (Å²) in [4.78, 5) is 11.7. The Morgan fingerprint density at radius 3 is 2.78 bits per heavy atom. The summed E-state index contributed by atoms with van der Waals surface area (Å²) in [6.07, 6.45) is 1.54. The van der Waals surface area contributed by atoms with E-state index < -0.39 is 10.0 Å². The topological polar surface area (TPSA) is 75.6 Å². The van der Waals surface area contributed by atoms with Crippen LogP contribution < -0.4 is 5.32 Å². The molecule has 0 spiro atoms. The number of hydrogen-bond acceptors (Lipinski definition) is 3. The van der Waals surface area contributed by atoms with Gasteiger partial charge in [-0.25, -0.2) is 0 Å². The zero-order valence-corrected chi connectivity index (χ0v) is 10.8. The van der Waals surface area contributed by atoms with Gasteiger partial charge >= 0.3 is 107 Å². The molecule has 0 fully saturated rings. The summed E-state index contributed by atoms with van der Waals surface area (Å²) in [7, 11) is -0.769. The first-order chi connectivity index (χ1) is 8.42. The third-order valence-electron chi connectivity index (χ3n) is 2.31. The van der Waals surface area contributed by atoms with E-state index in [1.807, 2.05) is 0 Å². The van der Waals surface area contributed by atoms with Gasteiger partial charge in [0.05, 0.1) is 0 Å². The van der Waals surface area contributed by atoms with E-state index in [9.17, 15) is 13.2 Å². The van der Waals surface area contributed by atoms with Gasteiger partial charge in [-0.15, -0.1) is 0 Å². The quantitative estimate of drug-likeness (QED) is 0.627. The predicted molar refractivity (Wildman–Crippen MR) is 70.5 cm³/mol. The van der Waals surface area contributed by atoms with Crippen molar-refractivity contribution in [1.82, 2.24) is 5.32 Å². The summed E-state index contributed by atoms with van der Waals surface area (Å²) in [5.74, 6) is -0.365. The van der Waals surface area contributed by atoms with E-state index in [4.69, 9.17) is 0 Å². The normalized spacial score (nSPS) is 10.7. The Bertz CT molecular complexity index is 596. The maximum absolute atomic E-state index is 11.7. The van der Waals surface area contributed by atoms with Crippen molar-refractivity contribution in [2.45, 2.75) is 11.8 Å². The molecular formula is C11H13BN2O3S. The summed E-state index contributed by atoms with van der Waals surface area (Å²) >= 11 is 0. The third-order valence-corrected chi connectivity index (χ3v) is 3.64. The average molecular weight is 264 g/mol. The summed E-state index contributed by atoms with van der Waals surface area (Å²) < 4.78 is 26.4. The van der Waals surface area contributed by atoms with Crippen LogP contribution in [0.1, 0.15) is 15.9 Å². The molecule has 0 unspecified atom stereocenters. The number of sulfonamides is 1. The zero-order valence-electron chi connectivity index (χ0n) is 10.0. The fraction of sp³-hybridized carbons (Fsp3) is 0.182. The van der Waals surface area contributed by atoms with Gasteiger partial charge in [-0.1, -0.05) is 0 Å². The minimum absolute atomic E-state index is 0.0104. The van der Waals surface area contributed by atoms with E-state index >= 15 is 0 Å². The molecule has 0 radical (unpaired) electrons. The number of amides is 1. The van der Waals surface area contributed by atoms with Crippen LogP contribution in [0.2, 0.25) is 0 Å². The van der Waals surface area contributed by atoms with Gasteiger partial charge in [-0.3, -0.25) is 0 Å². The fourth-order valence-corrected chi connectivity index (χ4v) is 2.25. The minimum atomic E-state index is -3.79. The second-order valence-electron chi connectivity index (χ2n) is 3.58. The van der Waals surface area contributed by atoms with Crippen LogP contribution in [-0.4, -0.2) is 28.5 Å². The van der Waals surface area contributed by atoms with Crippen molar-refractivity contribution >= 4 is 23.6 Å². The number of benzene rings is 1. The monoisotopic (exact) mass is 264 g/mol. The van der Waals surface area contributed by atoms with E-state index in [1.54, 1.807) is 19.1 Å². The number of carbonyl (C=O) groups is 1. The predicted octanol–water partition coefficient (Wildman–Crippen LogP) is 0.684. The zero-order chi connectivity index (χ0) is 13.8. The van der Waals surface area contributed by atoms with Crippen molar-refractivity contribution in [3.63, 3.8) is 0 Å². The molecule has 1 aromatic rings. The van der Waals surface area contributed by atoms with Crippen LogP contribution in [0.3, 0.4) is 0 Å². The fourth-order valence-electron chi connectivity index (χ4n) is 1.36. The molecule has 94 valence electrons. The van der Waals surface area contributed by atoms with Crippen LogP contribution in [0.5, 0.6) is 0 Å². The Labute approximate surface area is 107 Å². The van der Waals surface area contributed by atoms with E-state index in [0.717, 1.165) is 0 Å². The molecule has 0 aliphatic heterocycles. The van der Waals surface area contributed by atoms with Gasteiger partial charge in [0.15, 0.2) is 0 Å². The third kappa shape index (κ3) is 3.13. The molecule has 7 heteroatoms. The molecule has 1 aromatic carbocycles. The Balaban J connectivity index is 3.20. The van der Waals surface area contributed by atoms with Crippen LogP contribution in [0.4, 0.5) is 0 Å². The molecule has 1 amide bonds. The number of rotatable bonds is 5. The molecule has 0 aliphatic carbocycles. The Kier molecular flexibility index (Phi) is 4.55. The van der Waals surface area contributed by atoms with Gasteiger partial charge in [0.25, 0.3) is 0 Å². The first kappa shape index (κ1) is 14.3. The summed E-state index contributed by atoms with van der Waals surface area (Å²) in [6, 6.07) is 4.40. The Morgan fingerprint density at radius 1 is 1.56 bits per heavy atom. The van der Waals surface area contributed by atoms with Crippen LogP contribution in [0.25, 0.3) is 0 Å². The average Bonchev–Trinajstić information content (AvgIpc) is 2.36. The van der Waals surface area contributed by atoms with E-state index in [-0.39, 0.29) is 16.4 Å². The van der Waals surface area contributed by atoms with Crippen molar-refractivity contribution in [1.29, 1.82) is 0 Å². The standard InChI is InChI=1S/C11H13BN2O3S/c1-3-6-13-11(15)9-5-4-8(2)10(7-9)18(16,17)14-12/h3-5,7,12H,1,6H2,2H3,(H,13,15). The van der Waals surface area contributed by atoms with Gasteiger partial charge in [0.2, 0.25) is 0 Å². The number of nitrogens with zero attached hydrogens (tertiary/aromatic N) is 1. The Morgan fingerprint density at radius 2 is 2.22 bits per heavy atom. The molecule has 0 heterocycles. The van der Waals surface area contributed by atoms with E-state index in [1.165, 1.54) is 12.1 Å². The molecule has 0 aromatic heterocycles. The molecule has 0 saturated heterocycles. The number of hydrogen-bond donors (Lipinski definition) is 1. The maximum atomic E-state index is 11.7. The van der Waals surface area contributed by atoms with Crippen molar-refractivity contribution in [2.24, 2.45) is 4.30 Å². The van der Waals surface area contributed by atoms with Gasteiger partial charge in [-0.2, -0.15) is 0 Å². The molecule has 0 atom stereocenters. The van der Waals surface area contributed by atoms with Gasteiger partial charge in [0.1, 0.15) is 0 Å². The van der Waals surface area contributed by atoms with Gasteiger partial charge < -0.3 is 0 Å². The van der Waals surface area contributed by atoms with Gasteiger partial charge in [-0.05, 0) is 0 Å². The molecular weight excluding hydrogens is 251 g/mol. The second kappa shape index (κ2) is 5.73. The SMILES string of the molecule is B=NS(=O)(=O)c1cc(C(=O)NCC=C)ccc1C. The molecule has 0 saturated carbocycles. The van der Waals surface area contributed by atoms with Crippen LogP contribution >= 0.6 is 0 Å². The number of nitrogens with one attached hydrogen (secondary N) is 1. The molecule has 5 nitrogen and oxygen atoms in total. The number of aryl methyl sites for hydroxylation is 1. The van der Waals surface area contributed by atoms with Crippen LogP contribution in [0, 0.1) is 6.92 Å². The summed E-state index contributed by atoms with van der Waals surface area (Å²) in [5, 5.41) is 2.57. The van der Waals surface area contributed by atoms with E-state index in [2.05, 4.69) is 23.8 Å². The first-order valence-corrected chi connectivity index (χ1v) is 6.59. The first-order valence-electron chi connectivity index (χ1n) is 5.15. The molecule has 18 heavy (non-hydrogen) atoms. The van der Waals surface area contributed by atoms with E-state index in [0.29, 0.717) is 12.1 Å². The summed E-state index contributed by atoms with van der Waals surface area (Å²) in [6.45, 7) is 5.42. The molecule has 0 aliphatic rings. The summed E-state index contributed by atoms with van der Waals surface area (Å²) in [5.41, 5.74) is 0.771. The van der Waals surface area contributed by atoms with Crippen molar-refractivity contribution < 1.29 is 13.2 Å². The van der Waals surface area contributed by atoms with Crippen molar-refractivity contribution in [3.8, 4) is 0 Å². The molecule has 0 bridgehead atoms. The second-order valence-corrected chi connectivity index (χ2v) is 5.23. The van der Waals surface area contributed by atoms with Crippen molar-refractivity contribution in [3.05, 3.63) is 42.0 Å². The number of carbonyl (C=O) groups excluding carboxylic acids is 1. The molecule has 1 N–H and O–H groups in total. The van der Waals surface area contributed by atoms with Crippen LogP contribution in [0.15, 0.2) is 40.1 Å². The van der Waals surface area contributed by atoms with Crippen LogP contribution in [-0.2, 0) is 10.0 Å². The van der Waals surface area contributed by atoms with Crippen molar-refractivity contribution in [2.75, 3.05) is 6.54 Å². The molecule has 1 rings (SSSR count). The van der Waals surface area contributed by atoms with Gasteiger partial charge in [0, 0.05) is 0 Å².